The Balaban J connectivity index is 2.28. The molecule has 0 saturated heterocycles. The summed E-state index contributed by atoms with van der Waals surface area (Å²) < 4.78 is 26.6. The zero-order valence-corrected chi connectivity index (χ0v) is 10.8. The van der Waals surface area contributed by atoms with Crippen molar-refractivity contribution in [2.24, 2.45) is 11.3 Å². The van der Waals surface area contributed by atoms with Crippen molar-refractivity contribution in [3.63, 3.8) is 0 Å². The van der Waals surface area contributed by atoms with Gasteiger partial charge >= 0.3 is 0 Å². The molecule has 0 aromatic heterocycles. The Morgan fingerprint density at radius 1 is 1.28 bits per heavy atom. The van der Waals surface area contributed by atoms with Gasteiger partial charge in [0.25, 0.3) is 0 Å². The van der Waals surface area contributed by atoms with Crippen molar-refractivity contribution in [1.29, 1.82) is 5.41 Å². The molecule has 0 aliphatic heterocycles. The fourth-order valence-corrected chi connectivity index (χ4v) is 3.09. The lowest BCUT2D eigenvalue weighted by Crippen LogP contribution is -2.29. The van der Waals surface area contributed by atoms with Crippen molar-refractivity contribution in [2.75, 3.05) is 5.32 Å². The molecule has 0 heterocycles. The van der Waals surface area contributed by atoms with Gasteiger partial charge in [-0.3, -0.25) is 0 Å². The molecule has 2 rings (SSSR count). The van der Waals surface area contributed by atoms with E-state index in [9.17, 15) is 8.78 Å². The molecule has 0 spiro atoms. The zero-order chi connectivity index (χ0) is 13.6. The average molecular weight is 252 g/mol. The monoisotopic (exact) mass is 252 g/mol. The van der Waals surface area contributed by atoms with Gasteiger partial charge in [0.15, 0.2) is 0 Å². The van der Waals surface area contributed by atoms with Crippen molar-refractivity contribution in [3.05, 3.63) is 30.3 Å². The number of hydrogen-bond acceptors (Lipinski definition) is 2. The van der Waals surface area contributed by atoms with Gasteiger partial charge in [-0.05, 0) is 26.0 Å². The molecule has 2 unspecified atom stereocenters. The van der Waals surface area contributed by atoms with Crippen LogP contribution in [0.15, 0.2) is 30.3 Å². The number of nitrogens with one attached hydrogen (secondary N) is 2. The molecule has 1 aliphatic carbocycles. The van der Waals surface area contributed by atoms with Crippen LogP contribution in [0.4, 0.5) is 14.5 Å². The minimum absolute atomic E-state index is 0.309. The third-order valence-electron chi connectivity index (χ3n) is 4.28. The van der Waals surface area contributed by atoms with E-state index in [0.717, 1.165) is 5.69 Å². The molecule has 0 bridgehead atoms. The fourth-order valence-electron chi connectivity index (χ4n) is 3.09. The Bertz CT molecular complexity index is 460. The average Bonchev–Trinajstić information content (AvgIpc) is 2.78. The van der Waals surface area contributed by atoms with E-state index in [4.69, 9.17) is 5.41 Å². The smallest absolute Gasteiger partial charge is 0.246 e. The van der Waals surface area contributed by atoms with Crippen LogP contribution < -0.4 is 5.32 Å². The van der Waals surface area contributed by atoms with E-state index >= 15 is 0 Å². The molecular formula is C14H18F2N2. The topological polar surface area (TPSA) is 35.9 Å². The molecule has 1 aliphatic rings. The number of anilines is 1. The summed E-state index contributed by atoms with van der Waals surface area (Å²) in [4.78, 5) is 0. The van der Waals surface area contributed by atoms with Crippen LogP contribution in [0.25, 0.3) is 0 Å². The Kier molecular flexibility index (Phi) is 2.92. The van der Waals surface area contributed by atoms with Crippen LogP contribution in [0, 0.1) is 16.7 Å². The van der Waals surface area contributed by atoms with Crippen molar-refractivity contribution >= 4 is 11.4 Å². The van der Waals surface area contributed by atoms with Gasteiger partial charge in [0.1, 0.15) is 0 Å². The Morgan fingerprint density at radius 3 is 2.22 bits per heavy atom. The highest BCUT2D eigenvalue weighted by molar-refractivity contribution is 5.89. The Labute approximate surface area is 106 Å². The largest absolute Gasteiger partial charge is 0.378 e. The Hall–Kier alpha value is -1.45. The molecule has 4 heteroatoms. The summed E-state index contributed by atoms with van der Waals surface area (Å²) in [5, 5.41) is 10.9. The van der Waals surface area contributed by atoms with Crippen LogP contribution in [-0.4, -0.2) is 17.7 Å². The molecule has 1 aromatic carbocycles. The number of benzene rings is 1. The van der Waals surface area contributed by atoms with Crippen molar-refractivity contribution in [1.82, 2.24) is 0 Å². The fraction of sp³-hybridized carbons (Fsp3) is 0.500. The second-order valence-electron chi connectivity index (χ2n) is 5.39. The summed E-state index contributed by atoms with van der Waals surface area (Å²) in [5.74, 6) is -0.426. The summed E-state index contributed by atoms with van der Waals surface area (Å²) in [5.41, 5.74) is -0.803. The second-order valence-corrected chi connectivity index (χ2v) is 5.39. The number of alkyl halides is 2. The van der Waals surface area contributed by atoms with E-state index in [1.54, 1.807) is 20.8 Å². The lowest BCUT2D eigenvalue weighted by molar-refractivity contribution is 0.0587. The molecule has 0 amide bonds. The van der Waals surface area contributed by atoms with E-state index in [1.165, 1.54) is 0 Å². The van der Waals surface area contributed by atoms with Gasteiger partial charge in [-0.1, -0.05) is 25.1 Å². The summed E-state index contributed by atoms with van der Waals surface area (Å²) in [7, 11) is 0. The van der Waals surface area contributed by atoms with Crippen molar-refractivity contribution < 1.29 is 8.78 Å². The molecule has 2 nitrogen and oxygen atoms in total. The first-order valence-corrected chi connectivity index (χ1v) is 6.00. The maximum atomic E-state index is 13.3. The molecule has 1 fully saturated rings. The summed E-state index contributed by atoms with van der Waals surface area (Å²) in [6.07, 6.45) is -2.44. The van der Waals surface area contributed by atoms with Crippen molar-refractivity contribution in [3.8, 4) is 0 Å². The third kappa shape index (κ3) is 1.62. The molecule has 1 saturated carbocycles. The second kappa shape index (κ2) is 4.04. The van der Waals surface area contributed by atoms with Crippen LogP contribution in [0.2, 0.25) is 0 Å². The summed E-state index contributed by atoms with van der Waals surface area (Å²) in [6.45, 7) is 4.92. The first-order chi connectivity index (χ1) is 8.34. The lowest BCUT2D eigenvalue weighted by Gasteiger charge is -2.20. The van der Waals surface area contributed by atoms with Crippen molar-refractivity contribution in [2.45, 2.75) is 32.7 Å². The highest BCUT2D eigenvalue weighted by Crippen LogP contribution is 2.66. The van der Waals surface area contributed by atoms with Crippen LogP contribution >= 0.6 is 0 Å². The first kappa shape index (κ1) is 13.0. The van der Waals surface area contributed by atoms with E-state index in [0.29, 0.717) is 5.71 Å². The third-order valence-corrected chi connectivity index (χ3v) is 4.28. The van der Waals surface area contributed by atoms with Gasteiger partial charge < -0.3 is 10.7 Å². The normalized spacial score (nSPS) is 34.4. The summed E-state index contributed by atoms with van der Waals surface area (Å²) >= 11 is 0. The molecule has 3 atom stereocenters. The highest BCUT2D eigenvalue weighted by atomic mass is 19.3. The lowest BCUT2D eigenvalue weighted by atomic mass is 10.0. The van der Waals surface area contributed by atoms with Crippen LogP contribution in [0.5, 0.6) is 0 Å². The number of rotatable bonds is 4. The zero-order valence-electron chi connectivity index (χ0n) is 10.8. The van der Waals surface area contributed by atoms with E-state index in [2.05, 4.69) is 5.32 Å². The van der Waals surface area contributed by atoms with Gasteiger partial charge in [0.2, 0.25) is 6.43 Å². The minimum Gasteiger partial charge on any atom is -0.378 e. The minimum atomic E-state index is -2.44. The standard InChI is InChI=1S/C14H18F2N2/c1-9(17)11-13(2,12(15)16)14(11,3)18-10-7-5-4-6-8-10/h4-8,11-12,17-18H,1-3H3/t11?,13?,14-/m0/s1. The van der Waals surface area contributed by atoms with Gasteiger partial charge in [-0.25, -0.2) is 8.78 Å². The number of halogens is 2. The molecule has 1 aromatic rings. The number of hydrogen-bond donors (Lipinski definition) is 2. The van der Waals surface area contributed by atoms with Gasteiger partial charge in [0, 0.05) is 17.3 Å². The van der Waals surface area contributed by atoms with Gasteiger partial charge in [0.05, 0.1) is 11.0 Å². The van der Waals surface area contributed by atoms with E-state index < -0.39 is 23.3 Å². The molecule has 0 radical (unpaired) electrons. The highest BCUT2D eigenvalue weighted by Gasteiger charge is 2.76. The molecule has 18 heavy (non-hydrogen) atoms. The number of para-hydroxylation sites is 1. The maximum Gasteiger partial charge on any atom is 0.246 e. The van der Waals surface area contributed by atoms with Crippen LogP contribution in [-0.2, 0) is 0 Å². The van der Waals surface area contributed by atoms with Crippen LogP contribution in [0.3, 0.4) is 0 Å². The summed E-state index contributed by atoms with van der Waals surface area (Å²) in [6, 6.07) is 9.31. The van der Waals surface area contributed by atoms with E-state index in [1.807, 2.05) is 30.3 Å². The molecule has 98 valence electrons. The quantitative estimate of drug-likeness (QED) is 0.786. The predicted molar refractivity (Wildman–Crippen MR) is 69.5 cm³/mol. The van der Waals surface area contributed by atoms with Gasteiger partial charge in [-0.15, -0.1) is 0 Å². The van der Waals surface area contributed by atoms with Crippen LogP contribution in [0.1, 0.15) is 20.8 Å². The molecular weight excluding hydrogens is 234 g/mol. The predicted octanol–water partition coefficient (Wildman–Crippen LogP) is 3.80. The maximum absolute atomic E-state index is 13.3. The Morgan fingerprint density at radius 2 is 1.83 bits per heavy atom. The van der Waals surface area contributed by atoms with Gasteiger partial charge in [-0.2, -0.15) is 0 Å². The van der Waals surface area contributed by atoms with E-state index in [-0.39, 0.29) is 0 Å². The SMILES string of the molecule is CC(=N)C1C(C)(C(F)F)[C@@]1(C)Nc1ccccc1. The molecule has 2 N–H and O–H groups in total. The first-order valence-electron chi connectivity index (χ1n) is 6.00.